The van der Waals surface area contributed by atoms with Crippen LogP contribution in [-0.4, -0.2) is 40.6 Å². The molecule has 7 heteroatoms. The lowest BCUT2D eigenvalue weighted by Gasteiger charge is -2.04. The van der Waals surface area contributed by atoms with Crippen LogP contribution in [0.25, 0.3) is 0 Å². The molecule has 1 atom stereocenters. The molecule has 0 fully saturated rings. The van der Waals surface area contributed by atoms with Gasteiger partial charge in [-0.2, -0.15) is 0 Å². The van der Waals surface area contributed by atoms with Gasteiger partial charge in [-0.15, -0.1) is 10.2 Å². The number of aliphatic carboxylic acids is 1. The first-order valence-electron chi connectivity index (χ1n) is 3.91. The van der Waals surface area contributed by atoms with Crippen LogP contribution in [0.5, 0.6) is 0 Å². The Balaban J connectivity index is 2.64. The number of hydrogen-bond acceptors (Lipinski definition) is 6. The maximum atomic E-state index is 10.6. The van der Waals surface area contributed by atoms with E-state index in [2.05, 4.69) is 10.2 Å². The molecule has 0 amide bonds. The third kappa shape index (κ3) is 2.85. The summed E-state index contributed by atoms with van der Waals surface area (Å²) in [6, 6.07) is 0. The predicted molar refractivity (Wildman–Crippen MR) is 57.2 cm³/mol. The highest BCUT2D eigenvalue weighted by molar-refractivity contribution is 8.02. The number of carbonyl (C=O) groups is 1. The second-order valence-electron chi connectivity index (χ2n) is 2.84. The van der Waals surface area contributed by atoms with Crippen LogP contribution >= 0.6 is 23.1 Å². The zero-order valence-electron chi connectivity index (χ0n) is 8.09. The van der Waals surface area contributed by atoms with Gasteiger partial charge in [-0.25, -0.2) is 0 Å². The average Bonchev–Trinajstić information content (AvgIpc) is 2.52. The van der Waals surface area contributed by atoms with Crippen LogP contribution in [-0.2, 0) is 4.79 Å². The molecule has 1 aromatic rings. The fourth-order valence-corrected chi connectivity index (χ4v) is 2.47. The van der Waals surface area contributed by atoms with E-state index in [0.717, 1.165) is 5.13 Å². The van der Waals surface area contributed by atoms with Gasteiger partial charge >= 0.3 is 5.97 Å². The lowest BCUT2D eigenvalue weighted by Crippen LogP contribution is -2.10. The van der Waals surface area contributed by atoms with Gasteiger partial charge in [0.25, 0.3) is 0 Å². The molecule has 0 aromatic carbocycles. The van der Waals surface area contributed by atoms with Gasteiger partial charge in [0.1, 0.15) is 5.25 Å². The highest BCUT2D eigenvalue weighted by Crippen LogP contribution is 2.29. The molecular formula is C7H11N3O2S2. The number of nitrogens with zero attached hydrogens (tertiary/aromatic N) is 3. The molecule has 1 rings (SSSR count). The lowest BCUT2D eigenvalue weighted by atomic mass is 10.5. The van der Waals surface area contributed by atoms with Crippen LogP contribution in [0.2, 0.25) is 0 Å². The molecule has 0 spiro atoms. The number of carboxylic acid groups (broad SMARTS) is 1. The van der Waals surface area contributed by atoms with Crippen molar-refractivity contribution in [2.24, 2.45) is 0 Å². The van der Waals surface area contributed by atoms with Gasteiger partial charge < -0.3 is 10.0 Å². The Kier molecular flexibility index (Phi) is 3.70. The van der Waals surface area contributed by atoms with E-state index in [-0.39, 0.29) is 0 Å². The van der Waals surface area contributed by atoms with Crippen molar-refractivity contribution in [2.45, 2.75) is 16.5 Å². The third-order valence-electron chi connectivity index (χ3n) is 1.40. The predicted octanol–water partition coefficient (Wildman–Crippen LogP) is 1.17. The van der Waals surface area contributed by atoms with E-state index in [4.69, 9.17) is 5.11 Å². The van der Waals surface area contributed by atoms with Crippen molar-refractivity contribution in [3.63, 3.8) is 0 Å². The quantitative estimate of drug-likeness (QED) is 0.787. The van der Waals surface area contributed by atoms with E-state index in [1.54, 1.807) is 6.92 Å². The maximum absolute atomic E-state index is 10.6. The molecule has 0 aliphatic rings. The summed E-state index contributed by atoms with van der Waals surface area (Å²) in [5.41, 5.74) is 0. The molecule has 0 saturated heterocycles. The monoisotopic (exact) mass is 233 g/mol. The molecule has 1 heterocycles. The lowest BCUT2D eigenvalue weighted by molar-refractivity contribution is -0.136. The van der Waals surface area contributed by atoms with Crippen molar-refractivity contribution in [3.8, 4) is 0 Å². The highest BCUT2D eigenvalue weighted by atomic mass is 32.2. The van der Waals surface area contributed by atoms with Gasteiger partial charge in [0, 0.05) is 14.1 Å². The molecule has 14 heavy (non-hydrogen) atoms. The van der Waals surface area contributed by atoms with Gasteiger partial charge in [-0.1, -0.05) is 23.1 Å². The highest BCUT2D eigenvalue weighted by Gasteiger charge is 2.15. The fourth-order valence-electron chi connectivity index (χ4n) is 0.633. The Labute approximate surface area is 90.1 Å². The molecule has 0 radical (unpaired) electrons. The zero-order valence-corrected chi connectivity index (χ0v) is 9.72. The van der Waals surface area contributed by atoms with E-state index in [1.807, 2.05) is 19.0 Å². The zero-order chi connectivity index (χ0) is 10.7. The van der Waals surface area contributed by atoms with Crippen molar-refractivity contribution in [1.82, 2.24) is 10.2 Å². The molecule has 0 aliphatic heterocycles. The van der Waals surface area contributed by atoms with Gasteiger partial charge in [-0.05, 0) is 6.92 Å². The van der Waals surface area contributed by atoms with Crippen molar-refractivity contribution < 1.29 is 9.90 Å². The van der Waals surface area contributed by atoms with Crippen LogP contribution in [0.1, 0.15) is 6.92 Å². The summed E-state index contributed by atoms with van der Waals surface area (Å²) in [6.45, 7) is 1.63. The Morgan fingerprint density at radius 1 is 1.57 bits per heavy atom. The standard InChI is InChI=1S/C7H11N3O2S2/c1-4(5(11)12)13-7-9-8-6(14-7)10(2)3/h4H,1-3H3,(H,11,12). The number of aromatic nitrogens is 2. The van der Waals surface area contributed by atoms with Gasteiger partial charge in [0.2, 0.25) is 5.13 Å². The molecule has 0 aliphatic carbocycles. The molecule has 5 nitrogen and oxygen atoms in total. The summed E-state index contributed by atoms with van der Waals surface area (Å²) in [7, 11) is 3.74. The first-order chi connectivity index (χ1) is 6.50. The van der Waals surface area contributed by atoms with Gasteiger partial charge in [0.05, 0.1) is 0 Å². The largest absolute Gasteiger partial charge is 0.480 e. The van der Waals surface area contributed by atoms with E-state index < -0.39 is 11.2 Å². The molecule has 0 bridgehead atoms. The topological polar surface area (TPSA) is 66.3 Å². The van der Waals surface area contributed by atoms with Crippen LogP contribution in [0.3, 0.4) is 0 Å². The summed E-state index contributed by atoms with van der Waals surface area (Å²) in [5, 5.41) is 16.8. The van der Waals surface area contributed by atoms with Crippen LogP contribution < -0.4 is 4.90 Å². The number of carboxylic acids is 1. The summed E-state index contributed by atoms with van der Waals surface area (Å²) in [5.74, 6) is -0.836. The van der Waals surface area contributed by atoms with E-state index >= 15 is 0 Å². The fraction of sp³-hybridized carbons (Fsp3) is 0.571. The van der Waals surface area contributed by atoms with Gasteiger partial charge in [-0.3, -0.25) is 4.79 Å². The number of hydrogen-bond donors (Lipinski definition) is 1. The van der Waals surface area contributed by atoms with Crippen LogP contribution in [0.15, 0.2) is 4.34 Å². The SMILES string of the molecule is CC(Sc1nnc(N(C)C)s1)C(=O)O. The summed E-state index contributed by atoms with van der Waals surface area (Å²) in [6.07, 6.45) is 0. The molecule has 78 valence electrons. The maximum Gasteiger partial charge on any atom is 0.316 e. The second kappa shape index (κ2) is 4.61. The number of thioether (sulfide) groups is 1. The summed E-state index contributed by atoms with van der Waals surface area (Å²) >= 11 is 2.60. The molecule has 1 aromatic heterocycles. The van der Waals surface area contributed by atoms with E-state index in [9.17, 15) is 4.79 Å². The smallest absolute Gasteiger partial charge is 0.316 e. The Bertz CT molecular complexity index is 326. The van der Waals surface area contributed by atoms with Crippen molar-refractivity contribution >= 4 is 34.2 Å². The number of rotatable bonds is 4. The Morgan fingerprint density at radius 3 is 2.64 bits per heavy atom. The van der Waals surface area contributed by atoms with Crippen molar-refractivity contribution in [2.75, 3.05) is 19.0 Å². The molecule has 1 unspecified atom stereocenters. The van der Waals surface area contributed by atoms with Gasteiger partial charge in [0.15, 0.2) is 4.34 Å². The summed E-state index contributed by atoms with van der Waals surface area (Å²) < 4.78 is 0.684. The number of anilines is 1. The van der Waals surface area contributed by atoms with Crippen LogP contribution in [0.4, 0.5) is 5.13 Å². The molecule has 0 saturated carbocycles. The first kappa shape index (κ1) is 11.3. The Morgan fingerprint density at radius 2 is 2.21 bits per heavy atom. The average molecular weight is 233 g/mol. The van der Waals surface area contributed by atoms with Crippen LogP contribution in [0, 0.1) is 0 Å². The van der Waals surface area contributed by atoms with E-state index in [1.165, 1.54) is 23.1 Å². The minimum atomic E-state index is -0.836. The van der Waals surface area contributed by atoms with Crippen molar-refractivity contribution in [3.05, 3.63) is 0 Å². The Hall–Kier alpha value is -0.820. The van der Waals surface area contributed by atoms with Crippen molar-refractivity contribution in [1.29, 1.82) is 0 Å². The van der Waals surface area contributed by atoms with E-state index in [0.29, 0.717) is 4.34 Å². The first-order valence-corrected chi connectivity index (χ1v) is 5.60. The minimum absolute atomic E-state index is 0.488. The summed E-state index contributed by atoms with van der Waals surface area (Å²) in [4.78, 5) is 12.4. The molecular weight excluding hydrogens is 222 g/mol. The normalized spacial score (nSPS) is 12.5. The molecule has 1 N–H and O–H groups in total. The third-order valence-corrected chi connectivity index (χ3v) is 3.67. The second-order valence-corrected chi connectivity index (χ2v) is 5.39. The minimum Gasteiger partial charge on any atom is -0.480 e.